The van der Waals surface area contributed by atoms with E-state index in [0.29, 0.717) is 16.8 Å². The number of halogens is 1. The van der Waals surface area contributed by atoms with E-state index in [4.69, 9.17) is 16.3 Å². The number of esters is 1. The third kappa shape index (κ3) is 5.04. The van der Waals surface area contributed by atoms with Gasteiger partial charge in [0.1, 0.15) is 0 Å². The van der Waals surface area contributed by atoms with Crippen LogP contribution in [0.4, 0.5) is 11.4 Å². The highest BCUT2D eigenvalue weighted by atomic mass is 35.5. The van der Waals surface area contributed by atoms with Crippen LogP contribution in [0, 0.1) is 6.92 Å². The van der Waals surface area contributed by atoms with Gasteiger partial charge in [0.05, 0.1) is 28.2 Å². The van der Waals surface area contributed by atoms with Crippen molar-refractivity contribution in [3.63, 3.8) is 0 Å². The van der Waals surface area contributed by atoms with Gasteiger partial charge in [-0.3, -0.25) is 9.52 Å². The van der Waals surface area contributed by atoms with Crippen LogP contribution in [-0.4, -0.2) is 27.4 Å². The molecule has 0 saturated carbocycles. The average Bonchev–Trinajstić information content (AvgIpc) is 2.76. The monoisotopic (exact) mass is 458 g/mol. The van der Waals surface area contributed by atoms with Crippen LogP contribution in [0.1, 0.15) is 26.3 Å². The molecular formula is C22H19ClN2O5S. The van der Waals surface area contributed by atoms with E-state index in [1.165, 1.54) is 37.4 Å². The minimum atomic E-state index is -3.83. The van der Waals surface area contributed by atoms with Crippen LogP contribution in [0.5, 0.6) is 0 Å². The van der Waals surface area contributed by atoms with Gasteiger partial charge < -0.3 is 10.1 Å². The highest BCUT2D eigenvalue weighted by molar-refractivity contribution is 7.92. The molecule has 3 aromatic rings. The molecule has 0 aliphatic heterocycles. The fourth-order valence-corrected chi connectivity index (χ4v) is 4.14. The number of carbonyl (C=O) groups excluding carboxylic acids is 2. The van der Waals surface area contributed by atoms with Gasteiger partial charge in [-0.25, -0.2) is 13.2 Å². The lowest BCUT2D eigenvalue weighted by molar-refractivity contribution is 0.0599. The minimum Gasteiger partial charge on any atom is -0.465 e. The Morgan fingerprint density at radius 3 is 2.32 bits per heavy atom. The first kappa shape index (κ1) is 22.3. The first-order valence-corrected chi connectivity index (χ1v) is 11.0. The predicted octanol–water partition coefficient (Wildman–Crippen LogP) is 4.49. The molecule has 31 heavy (non-hydrogen) atoms. The van der Waals surface area contributed by atoms with Gasteiger partial charge in [-0.15, -0.1) is 0 Å². The van der Waals surface area contributed by atoms with Crippen LogP contribution in [0.25, 0.3) is 0 Å². The maximum absolute atomic E-state index is 12.8. The summed E-state index contributed by atoms with van der Waals surface area (Å²) in [5, 5.41) is 2.84. The number of sulfonamides is 1. The Kier molecular flexibility index (Phi) is 6.62. The summed E-state index contributed by atoms with van der Waals surface area (Å²) in [6.45, 7) is 1.67. The third-order valence-electron chi connectivity index (χ3n) is 4.50. The molecule has 9 heteroatoms. The van der Waals surface area contributed by atoms with Crippen LogP contribution in [0.2, 0.25) is 5.02 Å². The quantitative estimate of drug-likeness (QED) is 0.530. The zero-order valence-electron chi connectivity index (χ0n) is 16.7. The second kappa shape index (κ2) is 9.20. The Morgan fingerprint density at radius 1 is 0.935 bits per heavy atom. The van der Waals surface area contributed by atoms with Crippen LogP contribution in [-0.2, 0) is 14.8 Å². The van der Waals surface area contributed by atoms with Crippen molar-refractivity contribution >= 4 is 44.9 Å². The predicted molar refractivity (Wildman–Crippen MR) is 119 cm³/mol. The molecule has 0 radical (unpaired) electrons. The van der Waals surface area contributed by atoms with Gasteiger partial charge >= 0.3 is 5.97 Å². The average molecular weight is 459 g/mol. The van der Waals surface area contributed by atoms with Crippen LogP contribution in [0.3, 0.4) is 0 Å². The lowest BCUT2D eigenvalue weighted by atomic mass is 10.1. The molecule has 2 N–H and O–H groups in total. The highest BCUT2D eigenvalue weighted by Crippen LogP contribution is 2.26. The molecule has 0 bridgehead atoms. The largest absolute Gasteiger partial charge is 0.465 e. The second-order valence-corrected chi connectivity index (χ2v) is 8.63. The Bertz CT molecular complexity index is 1240. The van der Waals surface area contributed by atoms with E-state index in [9.17, 15) is 18.0 Å². The van der Waals surface area contributed by atoms with Gasteiger partial charge in [-0.1, -0.05) is 35.9 Å². The molecule has 3 aromatic carbocycles. The number of anilines is 2. The number of benzene rings is 3. The van der Waals surface area contributed by atoms with E-state index < -0.39 is 21.9 Å². The molecule has 0 saturated heterocycles. The second-order valence-electron chi connectivity index (χ2n) is 6.54. The van der Waals surface area contributed by atoms with Crippen molar-refractivity contribution in [2.24, 2.45) is 0 Å². The number of methoxy groups -OCH3 is 1. The van der Waals surface area contributed by atoms with Crippen molar-refractivity contribution in [3.05, 3.63) is 88.4 Å². The van der Waals surface area contributed by atoms with E-state index in [0.717, 1.165) is 0 Å². The first-order chi connectivity index (χ1) is 14.7. The molecular weight excluding hydrogens is 440 g/mol. The standard InChI is InChI=1S/C22H19ClN2O5S/c1-14-17(22(27)30-2)9-6-10-20(14)24-21(26)18-13-15(11-12-19(18)23)25-31(28,29)16-7-4-3-5-8-16/h3-13,25H,1-2H3,(H,24,26). The summed E-state index contributed by atoms with van der Waals surface area (Å²) in [6, 6.07) is 16.9. The third-order valence-corrected chi connectivity index (χ3v) is 6.23. The number of amides is 1. The van der Waals surface area contributed by atoms with Crippen molar-refractivity contribution in [2.45, 2.75) is 11.8 Å². The van der Waals surface area contributed by atoms with Gasteiger partial charge in [0.25, 0.3) is 15.9 Å². The summed E-state index contributed by atoms with van der Waals surface area (Å²) in [7, 11) is -2.56. The minimum absolute atomic E-state index is 0.0674. The molecule has 160 valence electrons. The van der Waals surface area contributed by atoms with E-state index in [1.54, 1.807) is 43.3 Å². The Balaban J connectivity index is 1.87. The SMILES string of the molecule is COC(=O)c1cccc(NC(=O)c2cc(NS(=O)(=O)c3ccccc3)ccc2Cl)c1C. The summed E-state index contributed by atoms with van der Waals surface area (Å²) in [6.07, 6.45) is 0. The zero-order valence-corrected chi connectivity index (χ0v) is 18.3. The normalized spacial score (nSPS) is 10.9. The van der Waals surface area contributed by atoms with Crippen molar-refractivity contribution in [3.8, 4) is 0 Å². The van der Waals surface area contributed by atoms with E-state index in [1.807, 2.05) is 0 Å². The smallest absolute Gasteiger partial charge is 0.338 e. The van der Waals surface area contributed by atoms with E-state index in [2.05, 4.69) is 10.0 Å². The van der Waals surface area contributed by atoms with Gasteiger partial charge in [0.2, 0.25) is 0 Å². The van der Waals surface area contributed by atoms with Crippen molar-refractivity contribution in [1.29, 1.82) is 0 Å². The Morgan fingerprint density at radius 2 is 1.65 bits per heavy atom. The lowest BCUT2D eigenvalue weighted by Gasteiger charge is -2.13. The lowest BCUT2D eigenvalue weighted by Crippen LogP contribution is -2.16. The number of nitrogens with one attached hydrogen (secondary N) is 2. The zero-order chi connectivity index (χ0) is 22.6. The number of hydrogen-bond acceptors (Lipinski definition) is 5. The molecule has 0 aromatic heterocycles. The first-order valence-electron chi connectivity index (χ1n) is 9.09. The maximum Gasteiger partial charge on any atom is 0.338 e. The van der Waals surface area contributed by atoms with Gasteiger partial charge in [-0.05, 0) is 55.0 Å². The molecule has 7 nitrogen and oxygen atoms in total. The number of rotatable bonds is 6. The molecule has 0 spiro atoms. The topological polar surface area (TPSA) is 102 Å². The van der Waals surface area contributed by atoms with E-state index >= 15 is 0 Å². The summed E-state index contributed by atoms with van der Waals surface area (Å²) >= 11 is 6.18. The van der Waals surface area contributed by atoms with Gasteiger partial charge in [0, 0.05) is 11.4 Å². The Hall–Kier alpha value is -3.36. The van der Waals surface area contributed by atoms with Crippen LogP contribution < -0.4 is 10.0 Å². The molecule has 0 heterocycles. The fraction of sp³-hybridized carbons (Fsp3) is 0.0909. The van der Waals surface area contributed by atoms with Crippen LogP contribution in [0.15, 0.2) is 71.6 Å². The summed E-state index contributed by atoms with van der Waals surface area (Å²) < 4.78 is 32.3. The van der Waals surface area contributed by atoms with Crippen molar-refractivity contribution < 1.29 is 22.7 Å². The molecule has 0 aliphatic carbocycles. The van der Waals surface area contributed by atoms with Crippen molar-refractivity contribution in [1.82, 2.24) is 0 Å². The fourth-order valence-electron chi connectivity index (χ4n) is 2.87. The van der Waals surface area contributed by atoms with E-state index in [-0.39, 0.29) is 21.2 Å². The number of carbonyl (C=O) groups is 2. The molecule has 0 unspecified atom stereocenters. The summed E-state index contributed by atoms with van der Waals surface area (Å²) in [5.74, 6) is -1.08. The Labute approximate surface area is 185 Å². The molecule has 3 rings (SSSR count). The molecule has 0 fully saturated rings. The van der Waals surface area contributed by atoms with Crippen molar-refractivity contribution in [2.75, 3.05) is 17.1 Å². The van der Waals surface area contributed by atoms with Crippen LogP contribution >= 0.6 is 11.6 Å². The molecule has 0 aliphatic rings. The molecule has 1 amide bonds. The highest BCUT2D eigenvalue weighted by Gasteiger charge is 2.18. The number of hydrogen-bond donors (Lipinski definition) is 2. The summed E-state index contributed by atoms with van der Waals surface area (Å²) in [5.41, 5.74) is 1.49. The van der Waals surface area contributed by atoms with Gasteiger partial charge in [-0.2, -0.15) is 0 Å². The van der Waals surface area contributed by atoms with Gasteiger partial charge in [0.15, 0.2) is 0 Å². The maximum atomic E-state index is 12.8. The number of ether oxygens (including phenoxy) is 1. The molecule has 0 atom stereocenters. The summed E-state index contributed by atoms with van der Waals surface area (Å²) in [4.78, 5) is 24.8.